The first-order valence-corrected chi connectivity index (χ1v) is 9.14. The molecule has 25 heavy (non-hydrogen) atoms. The molecule has 2 rings (SSSR count). The van der Waals surface area contributed by atoms with Gasteiger partial charge in [0.05, 0.1) is 4.90 Å². The average molecular weight is 387 g/mol. The van der Waals surface area contributed by atoms with E-state index in [2.05, 4.69) is 10.0 Å². The molecular formula is C16H16ClFN2O4S. The number of rotatable bonds is 8. The molecule has 0 fully saturated rings. The number of amides is 1. The molecule has 1 amide bonds. The molecule has 2 N–H and O–H groups in total. The predicted octanol–water partition coefficient (Wildman–Crippen LogP) is 1.95. The second-order valence-corrected chi connectivity index (χ2v) is 7.13. The van der Waals surface area contributed by atoms with E-state index < -0.39 is 21.7 Å². The van der Waals surface area contributed by atoms with Crippen LogP contribution in [0.3, 0.4) is 0 Å². The van der Waals surface area contributed by atoms with E-state index in [1.807, 2.05) is 0 Å². The van der Waals surface area contributed by atoms with Gasteiger partial charge in [0.25, 0.3) is 5.91 Å². The number of sulfonamides is 1. The minimum atomic E-state index is -3.71. The highest BCUT2D eigenvalue weighted by Crippen LogP contribution is 2.15. The molecule has 0 saturated heterocycles. The molecular weight excluding hydrogens is 371 g/mol. The highest BCUT2D eigenvalue weighted by atomic mass is 35.5. The Morgan fingerprint density at radius 2 is 1.88 bits per heavy atom. The van der Waals surface area contributed by atoms with E-state index in [-0.39, 0.29) is 30.3 Å². The maximum absolute atomic E-state index is 13.3. The van der Waals surface area contributed by atoms with Crippen LogP contribution in [0.1, 0.15) is 0 Å². The summed E-state index contributed by atoms with van der Waals surface area (Å²) < 4.78 is 44.8. The second kappa shape index (κ2) is 8.80. The summed E-state index contributed by atoms with van der Waals surface area (Å²) in [5.74, 6) is -1.09. The first-order valence-electron chi connectivity index (χ1n) is 7.28. The molecule has 0 bridgehead atoms. The number of para-hydroxylation sites is 1. The quantitative estimate of drug-likeness (QED) is 0.679. The van der Waals surface area contributed by atoms with Gasteiger partial charge in [0.1, 0.15) is 0 Å². The Balaban J connectivity index is 1.73. The van der Waals surface area contributed by atoms with Crippen molar-refractivity contribution >= 4 is 27.5 Å². The molecule has 0 heterocycles. The Morgan fingerprint density at radius 1 is 1.12 bits per heavy atom. The molecule has 0 aromatic heterocycles. The predicted molar refractivity (Wildman–Crippen MR) is 91.5 cm³/mol. The van der Waals surface area contributed by atoms with E-state index >= 15 is 0 Å². The topological polar surface area (TPSA) is 84.5 Å². The van der Waals surface area contributed by atoms with E-state index in [4.69, 9.17) is 16.3 Å². The van der Waals surface area contributed by atoms with Gasteiger partial charge in [-0.3, -0.25) is 4.79 Å². The van der Waals surface area contributed by atoms with Gasteiger partial charge in [-0.15, -0.1) is 0 Å². The van der Waals surface area contributed by atoms with E-state index in [0.717, 1.165) is 0 Å². The zero-order chi connectivity index (χ0) is 18.3. The summed E-state index contributed by atoms with van der Waals surface area (Å²) in [7, 11) is -3.71. The van der Waals surface area contributed by atoms with Crippen molar-refractivity contribution in [2.75, 3.05) is 19.7 Å². The van der Waals surface area contributed by atoms with Crippen molar-refractivity contribution < 1.29 is 22.3 Å². The number of ether oxygens (including phenoxy) is 1. The normalized spacial score (nSPS) is 11.1. The van der Waals surface area contributed by atoms with Crippen LogP contribution in [0.5, 0.6) is 5.75 Å². The van der Waals surface area contributed by atoms with Crippen LogP contribution in [0.25, 0.3) is 0 Å². The van der Waals surface area contributed by atoms with E-state index in [1.54, 1.807) is 12.1 Å². The summed E-state index contributed by atoms with van der Waals surface area (Å²) in [6.07, 6.45) is 0. The van der Waals surface area contributed by atoms with Crippen molar-refractivity contribution in [1.29, 1.82) is 0 Å². The third-order valence-corrected chi connectivity index (χ3v) is 4.73. The molecule has 0 atom stereocenters. The summed E-state index contributed by atoms with van der Waals surface area (Å²) in [5, 5.41) is 2.78. The Hall–Kier alpha value is -2.16. The van der Waals surface area contributed by atoms with Crippen LogP contribution in [0.2, 0.25) is 5.02 Å². The third-order valence-electron chi connectivity index (χ3n) is 3.04. The molecule has 2 aromatic carbocycles. The summed E-state index contributed by atoms with van der Waals surface area (Å²) in [6.45, 7) is -0.332. The Morgan fingerprint density at radius 3 is 2.60 bits per heavy atom. The van der Waals surface area contributed by atoms with Gasteiger partial charge in [-0.25, -0.2) is 17.5 Å². The first kappa shape index (κ1) is 19.2. The third kappa shape index (κ3) is 6.00. The molecule has 0 unspecified atom stereocenters. The molecule has 0 radical (unpaired) electrons. The largest absolute Gasteiger partial charge is 0.481 e. The van der Waals surface area contributed by atoms with E-state index in [9.17, 15) is 17.6 Å². The van der Waals surface area contributed by atoms with E-state index in [1.165, 1.54) is 36.4 Å². The molecule has 2 aromatic rings. The van der Waals surface area contributed by atoms with Crippen LogP contribution in [-0.2, 0) is 14.8 Å². The van der Waals surface area contributed by atoms with Crippen molar-refractivity contribution in [1.82, 2.24) is 10.0 Å². The van der Waals surface area contributed by atoms with Crippen LogP contribution >= 0.6 is 11.6 Å². The minimum Gasteiger partial charge on any atom is -0.481 e. The Kier molecular flexibility index (Phi) is 6.74. The van der Waals surface area contributed by atoms with Crippen LogP contribution in [0.15, 0.2) is 53.4 Å². The lowest BCUT2D eigenvalue weighted by atomic mass is 10.3. The van der Waals surface area contributed by atoms with Gasteiger partial charge >= 0.3 is 0 Å². The monoisotopic (exact) mass is 386 g/mol. The fraction of sp³-hybridized carbons (Fsp3) is 0.188. The van der Waals surface area contributed by atoms with Crippen molar-refractivity contribution in [3.8, 4) is 5.75 Å². The molecule has 0 aliphatic rings. The van der Waals surface area contributed by atoms with E-state index in [0.29, 0.717) is 5.02 Å². The Bertz CT molecular complexity index is 846. The van der Waals surface area contributed by atoms with Gasteiger partial charge in [-0.05, 0) is 30.3 Å². The average Bonchev–Trinajstić information content (AvgIpc) is 2.58. The molecule has 0 aliphatic heterocycles. The Labute approximate surface area is 150 Å². The molecule has 9 heteroatoms. The SMILES string of the molecule is O=C(COc1ccccc1F)NCCNS(=O)(=O)c1cccc(Cl)c1. The summed E-state index contributed by atoms with van der Waals surface area (Å²) in [4.78, 5) is 11.6. The van der Waals surface area contributed by atoms with Crippen LogP contribution in [0, 0.1) is 5.82 Å². The van der Waals surface area contributed by atoms with Gasteiger partial charge in [0, 0.05) is 18.1 Å². The number of hydrogen-bond donors (Lipinski definition) is 2. The van der Waals surface area contributed by atoms with Gasteiger partial charge in [-0.2, -0.15) is 0 Å². The number of carbonyl (C=O) groups is 1. The number of hydrogen-bond acceptors (Lipinski definition) is 4. The highest BCUT2D eigenvalue weighted by Gasteiger charge is 2.13. The van der Waals surface area contributed by atoms with Crippen molar-refractivity contribution in [2.45, 2.75) is 4.90 Å². The van der Waals surface area contributed by atoms with Crippen LogP contribution in [-0.4, -0.2) is 34.0 Å². The van der Waals surface area contributed by atoms with Crippen LogP contribution < -0.4 is 14.8 Å². The highest BCUT2D eigenvalue weighted by molar-refractivity contribution is 7.89. The zero-order valence-corrected chi connectivity index (χ0v) is 14.6. The minimum absolute atomic E-state index is 0.0136. The fourth-order valence-electron chi connectivity index (χ4n) is 1.86. The number of halogens is 2. The fourth-order valence-corrected chi connectivity index (χ4v) is 3.19. The maximum atomic E-state index is 13.3. The molecule has 0 saturated carbocycles. The summed E-state index contributed by atoms with van der Waals surface area (Å²) >= 11 is 5.76. The molecule has 0 aliphatic carbocycles. The lowest BCUT2D eigenvalue weighted by Gasteiger charge is -2.09. The van der Waals surface area contributed by atoms with Crippen molar-refractivity contribution in [3.63, 3.8) is 0 Å². The lowest BCUT2D eigenvalue weighted by molar-refractivity contribution is -0.123. The van der Waals surface area contributed by atoms with Gasteiger partial charge in [-0.1, -0.05) is 29.8 Å². The molecule has 0 spiro atoms. The molecule has 134 valence electrons. The smallest absolute Gasteiger partial charge is 0.257 e. The standard InChI is InChI=1S/C16H16ClFN2O4S/c17-12-4-3-5-13(10-12)25(22,23)20-9-8-19-16(21)11-24-15-7-2-1-6-14(15)18/h1-7,10,20H,8-9,11H2,(H,19,21). The van der Waals surface area contributed by atoms with Crippen LogP contribution in [0.4, 0.5) is 4.39 Å². The number of carbonyl (C=O) groups excluding carboxylic acids is 1. The second-order valence-electron chi connectivity index (χ2n) is 4.92. The summed E-state index contributed by atoms with van der Waals surface area (Å²) in [6, 6.07) is 11.5. The molecule has 6 nitrogen and oxygen atoms in total. The maximum Gasteiger partial charge on any atom is 0.257 e. The summed E-state index contributed by atoms with van der Waals surface area (Å²) in [5.41, 5.74) is 0. The van der Waals surface area contributed by atoms with Crippen molar-refractivity contribution in [2.24, 2.45) is 0 Å². The number of benzene rings is 2. The van der Waals surface area contributed by atoms with Gasteiger partial charge in [0.2, 0.25) is 10.0 Å². The van der Waals surface area contributed by atoms with Gasteiger partial charge < -0.3 is 10.1 Å². The number of nitrogens with one attached hydrogen (secondary N) is 2. The lowest BCUT2D eigenvalue weighted by Crippen LogP contribution is -2.36. The van der Waals surface area contributed by atoms with Crippen molar-refractivity contribution in [3.05, 3.63) is 59.4 Å². The first-order chi connectivity index (χ1) is 11.9. The zero-order valence-electron chi connectivity index (χ0n) is 13.0. The van der Waals surface area contributed by atoms with Gasteiger partial charge in [0.15, 0.2) is 18.2 Å².